The first kappa shape index (κ1) is 13.1. The van der Waals surface area contributed by atoms with E-state index in [-0.39, 0.29) is 11.5 Å². The van der Waals surface area contributed by atoms with Crippen LogP contribution in [-0.4, -0.2) is 14.9 Å². The summed E-state index contributed by atoms with van der Waals surface area (Å²) in [6.45, 7) is 0. The molecule has 0 spiro atoms. The maximum absolute atomic E-state index is 13.4. The molecule has 1 heterocycles. The second-order valence-corrected chi connectivity index (χ2v) is 3.70. The van der Waals surface area contributed by atoms with Crippen molar-refractivity contribution in [2.45, 2.75) is 0 Å². The molecule has 1 aromatic heterocycles. The van der Waals surface area contributed by atoms with Crippen molar-refractivity contribution in [3.63, 3.8) is 0 Å². The monoisotopic (exact) mass is 286 g/mol. The second-order valence-electron chi connectivity index (χ2n) is 3.35. The molecule has 0 radical (unpaired) electrons. The van der Waals surface area contributed by atoms with E-state index < -0.39 is 27.4 Å². The number of nitro groups is 1. The van der Waals surface area contributed by atoms with Crippen LogP contribution < -0.4 is 5.32 Å². The van der Waals surface area contributed by atoms with Gasteiger partial charge in [0, 0.05) is 0 Å². The highest BCUT2D eigenvalue weighted by atomic mass is 35.5. The van der Waals surface area contributed by atoms with E-state index in [0.29, 0.717) is 0 Å². The Kier molecular flexibility index (Phi) is 3.52. The first-order valence-corrected chi connectivity index (χ1v) is 5.24. The highest BCUT2D eigenvalue weighted by Crippen LogP contribution is 2.31. The summed E-state index contributed by atoms with van der Waals surface area (Å²) < 4.78 is 26.4. The van der Waals surface area contributed by atoms with Gasteiger partial charge < -0.3 is 5.32 Å². The van der Waals surface area contributed by atoms with E-state index in [1.165, 1.54) is 12.1 Å². The molecule has 0 saturated carbocycles. The zero-order chi connectivity index (χ0) is 14.0. The lowest BCUT2D eigenvalue weighted by atomic mass is 10.3. The molecule has 0 fully saturated rings. The molecule has 0 saturated heterocycles. The van der Waals surface area contributed by atoms with Crippen LogP contribution >= 0.6 is 11.6 Å². The van der Waals surface area contributed by atoms with Crippen LogP contribution in [0.15, 0.2) is 24.5 Å². The van der Waals surface area contributed by atoms with Crippen LogP contribution in [0.1, 0.15) is 0 Å². The Hall–Kier alpha value is -2.35. The molecule has 0 amide bonds. The fraction of sp³-hybridized carbons (Fsp3) is 0. The molecule has 2 rings (SSSR count). The van der Waals surface area contributed by atoms with Gasteiger partial charge in [0.25, 0.3) is 0 Å². The summed E-state index contributed by atoms with van der Waals surface area (Å²) in [5, 5.41) is 12.7. The fourth-order valence-electron chi connectivity index (χ4n) is 1.34. The van der Waals surface area contributed by atoms with Crippen molar-refractivity contribution in [3.8, 4) is 0 Å². The number of rotatable bonds is 3. The van der Waals surface area contributed by atoms with Gasteiger partial charge in [0.15, 0.2) is 11.6 Å². The highest BCUT2D eigenvalue weighted by Gasteiger charge is 2.22. The van der Waals surface area contributed by atoms with Crippen LogP contribution in [-0.2, 0) is 0 Å². The first-order valence-electron chi connectivity index (χ1n) is 4.86. The van der Waals surface area contributed by atoms with Gasteiger partial charge in [-0.15, -0.1) is 0 Å². The summed E-state index contributed by atoms with van der Waals surface area (Å²) in [7, 11) is 0. The number of nitrogens with one attached hydrogen (secondary N) is 1. The number of hydrogen-bond acceptors (Lipinski definition) is 5. The molecule has 0 unspecified atom stereocenters. The van der Waals surface area contributed by atoms with E-state index in [1.54, 1.807) is 0 Å². The second kappa shape index (κ2) is 5.11. The van der Waals surface area contributed by atoms with E-state index in [9.17, 15) is 18.9 Å². The lowest BCUT2D eigenvalue weighted by Crippen LogP contribution is -2.03. The Morgan fingerprint density at radius 2 is 2.05 bits per heavy atom. The minimum absolute atomic E-state index is 0.294. The molecule has 0 aliphatic carbocycles. The topological polar surface area (TPSA) is 81.0 Å². The maximum atomic E-state index is 13.4. The Bertz CT molecular complexity index is 653. The molecular weight excluding hydrogens is 282 g/mol. The van der Waals surface area contributed by atoms with Crippen LogP contribution in [0.2, 0.25) is 5.15 Å². The lowest BCUT2D eigenvalue weighted by Gasteiger charge is -2.07. The van der Waals surface area contributed by atoms with E-state index in [1.807, 2.05) is 0 Å². The van der Waals surface area contributed by atoms with Crippen LogP contribution in [0, 0.1) is 21.7 Å². The molecule has 19 heavy (non-hydrogen) atoms. The highest BCUT2D eigenvalue weighted by molar-refractivity contribution is 6.31. The number of nitrogens with zero attached hydrogens (tertiary/aromatic N) is 3. The molecule has 2 aromatic rings. The normalized spacial score (nSPS) is 10.3. The van der Waals surface area contributed by atoms with E-state index in [4.69, 9.17) is 11.6 Å². The van der Waals surface area contributed by atoms with Crippen LogP contribution in [0.5, 0.6) is 0 Å². The van der Waals surface area contributed by atoms with Crippen molar-refractivity contribution >= 4 is 28.8 Å². The largest absolute Gasteiger partial charge is 0.348 e. The predicted molar refractivity (Wildman–Crippen MR) is 63.3 cm³/mol. The van der Waals surface area contributed by atoms with Crippen molar-refractivity contribution < 1.29 is 13.7 Å². The van der Waals surface area contributed by atoms with Crippen LogP contribution in [0.4, 0.5) is 26.0 Å². The zero-order valence-corrected chi connectivity index (χ0v) is 9.86. The molecule has 1 N–H and O–H groups in total. The van der Waals surface area contributed by atoms with Gasteiger partial charge in [0.05, 0.1) is 10.6 Å². The predicted octanol–water partition coefficient (Wildman–Crippen LogP) is 3.06. The van der Waals surface area contributed by atoms with Crippen LogP contribution in [0.25, 0.3) is 0 Å². The van der Waals surface area contributed by atoms with Crippen molar-refractivity contribution in [2.75, 3.05) is 5.32 Å². The average Bonchev–Trinajstić information content (AvgIpc) is 2.34. The average molecular weight is 287 g/mol. The van der Waals surface area contributed by atoms with Crippen LogP contribution in [0.3, 0.4) is 0 Å². The van der Waals surface area contributed by atoms with Gasteiger partial charge in [-0.3, -0.25) is 10.1 Å². The van der Waals surface area contributed by atoms with Crippen molar-refractivity contribution in [2.24, 2.45) is 0 Å². The third kappa shape index (κ3) is 2.58. The quantitative estimate of drug-likeness (QED) is 0.533. The smallest absolute Gasteiger partial charge is 0.332 e. The maximum Gasteiger partial charge on any atom is 0.348 e. The van der Waals surface area contributed by atoms with E-state index in [0.717, 1.165) is 12.4 Å². The van der Waals surface area contributed by atoms with Crippen molar-refractivity contribution in [1.29, 1.82) is 0 Å². The van der Waals surface area contributed by atoms with Crippen molar-refractivity contribution in [1.82, 2.24) is 9.97 Å². The lowest BCUT2D eigenvalue weighted by molar-refractivity contribution is -0.384. The van der Waals surface area contributed by atoms with Gasteiger partial charge in [-0.25, -0.2) is 18.7 Å². The Balaban J connectivity index is 2.47. The SMILES string of the molecule is O=[N+]([O-])c1c(Cl)ncnc1Nc1cccc(F)c1F. The standard InChI is InChI=1S/C10H5ClF2N4O2/c11-9-8(17(18)19)10(15-4-14-9)16-6-3-1-2-5(12)7(6)13/h1-4H,(H,14,15,16). The summed E-state index contributed by atoms with van der Waals surface area (Å²) in [5.41, 5.74) is -0.911. The Morgan fingerprint density at radius 3 is 2.74 bits per heavy atom. The summed E-state index contributed by atoms with van der Waals surface area (Å²) in [6.07, 6.45) is 0.967. The molecule has 0 atom stereocenters. The van der Waals surface area contributed by atoms with E-state index >= 15 is 0 Å². The third-order valence-electron chi connectivity index (χ3n) is 2.16. The number of anilines is 2. The van der Waals surface area contributed by atoms with Gasteiger partial charge in [-0.1, -0.05) is 17.7 Å². The summed E-state index contributed by atoms with van der Waals surface area (Å²) in [4.78, 5) is 17.0. The molecule has 0 aliphatic rings. The Morgan fingerprint density at radius 1 is 1.32 bits per heavy atom. The first-order chi connectivity index (χ1) is 9.00. The Labute approximate surface area is 110 Å². The summed E-state index contributed by atoms with van der Waals surface area (Å²) in [5.74, 6) is -2.59. The molecule has 6 nitrogen and oxygen atoms in total. The zero-order valence-electron chi connectivity index (χ0n) is 9.10. The molecule has 1 aromatic carbocycles. The molecule has 98 valence electrons. The number of aromatic nitrogens is 2. The van der Waals surface area contributed by atoms with Gasteiger partial charge >= 0.3 is 5.69 Å². The fourth-order valence-corrected chi connectivity index (χ4v) is 1.54. The molecule has 9 heteroatoms. The number of benzene rings is 1. The number of hydrogen-bond donors (Lipinski definition) is 1. The summed E-state index contributed by atoms with van der Waals surface area (Å²) >= 11 is 5.56. The van der Waals surface area contributed by atoms with Gasteiger partial charge in [-0.05, 0) is 12.1 Å². The molecular formula is C10H5ClF2N4O2. The summed E-state index contributed by atoms with van der Waals surface area (Å²) in [6, 6.07) is 3.37. The van der Waals surface area contributed by atoms with Crippen molar-refractivity contribution in [3.05, 3.63) is 51.4 Å². The minimum Gasteiger partial charge on any atom is -0.332 e. The molecule has 0 bridgehead atoms. The minimum atomic E-state index is -1.17. The number of halogens is 3. The van der Waals surface area contributed by atoms with Gasteiger partial charge in [0.1, 0.15) is 6.33 Å². The molecule has 0 aliphatic heterocycles. The van der Waals surface area contributed by atoms with E-state index in [2.05, 4.69) is 15.3 Å². The third-order valence-corrected chi connectivity index (χ3v) is 2.44. The van der Waals surface area contributed by atoms with Gasteiger partial charge in [-0.2, -0.15) is 0 Å². The van der Waals surface area contributed by atoms with Gasteiger partial charge in [0.2, 0.25) is 11.0 Å².